The fourth-order valence-electron chi connectivity index (χ4n) is 4.21. The van der Waals surface area contributed by atoms with E-state index in [2.05, 4.69) is 26.1 Å². The fourth-order valence-corrected chi connectivity index (χ4v) is 5.12. The van der Waals surface area contributed by atoms with E-state index in [9.17, 15) is 4.79 Å². The van der Waals surface area contributed by atoms with Crippen LogP contribution in [0.5, 0.6) is 5.75 Å². The van der Waals surface area contributed by atoms with Crippen LogP contribution in [0.4, 0.5) is 5.95 Å². The van der Waals surface area contributed by atoms with Gasteiger partial charge in [0.25, 0.3) is 0 Å². The van der Waals surface area contributed by atoms with E-state index in [0.29, 0.717) is 19.0 Å². The van der Waals surface area contributed by atoms with E-state index in [-0.39, 0.29) is 17.2 Å². The van der Waals surface area contributed by atoms with E-state index in [1.54, 1.807) is 11.8 Å². The lowest BCUT2D eigenvalue weighted by atomic mass is 9.73. The molecule has 2 aromatic rings. The molecule has 30 heavy (non-hydrogen) atoms. The van der Waals surface area contributed by atoms with Crippen molar-refractivity contribution in [2.75, 3.05) is 17.7 Å². The van der Waals surface area contributed by atoms with Gasteiger partial charge in [0.05, 0.1) is 6.61 Å². The first-order valence-corrected chi connectivity index (χ1v) is 11.8. The lowest BCUT2D eigenvalue weighted by molar-refractivity contribution is -0.118. The number of benzene rings is 1. The van der Waals surface area contributed by atoms with E-state index in [1.165, 1.54) is 0 Å². The highest BCUT2D eigenvalue weighted by Crippen LogP contribution is 2.46. The topological polar surface area (TPSA) is 69.0 Å². The normalized spacial score (nSPS) is 19.9. The largest absolute Gasteiger partial charge is 0.494 e. The summed E-state index contributed by atoms with van der Waals surface area (Å²) in [7, 11) is 0. The van der Waals surface area contributed by atoms with E-state index in [1.807, 2.05) is 35.9 Å². The van der Waals surface area contributed by atoms with Crippen molar-refractivity contribution >= 4 is 23.5 Å². The second-order valence-electron chi connectivity index (χ2n) is 8.73. The number of ketones is 1. The van der Waals surface area contributed by atoms with Crippen LogP contribution < -0.4 is 10.1 Å². The Morgan fingerprint density at radius 3 is 2.90 bits per heavy atom. The van der Waals surface area contributed by atoms with E-state index in [4.69, 9.17) is 14.8 Å². The molecule has 0 saturated carbocycles. The van der Waals surface area contributed by atoms with Crippen LogP contribution in [0.1, 0.15) is 65.0 Å². The predicted molar refractivity (Wildman–Crippen MR) is 120 cm³/mol. The molecule has 2 aliphatic rings. The van der Waals surface area contributed by atoms with Crippen molar-refractivity contribution in [3.05, 3.63) is 41.1 Å². The molecule has 1 unspecified atom stereocenters. The Morgan fingerprint density at radius 1 is 1.30 bits per heavy atom. The molecule has 4 rings (SSSR count). The van der Waals surface area contributed by atoms with Crippen molar-refractivity contribution in [1.29, 1.82) is 0 Å². The maximum absolute atomic E-state index is 13.3. The highest BCUT2D eigenvalue weighted by atomic mass is 32.2. The molecular weight excluding hydrogens is 396 g/mol. The van der Waals surface area contributed by atoms with Gasteiger partial charge in [0.15, 0.2) is 5.78 Å². The summed E-state index contributed by atoms with van der Waals surface area (Å²) >= 11 is 1.67. The zero-order chi connectivity index (χ0) is 21.3. The SMILES string of the molecule is CCCCSc1nc2n(n1)C(c1cccc(OCC)c1)C1=C(CC(C)(C)CC1=O)N2. The van der Waals surface area contributed by atoms with Crippen molar-refractivity contribution in [2.45, 2.75) is 64.6 Å². The monoisotopic (exact) mass is 426 g/mol. The molecule has 1 N–H and O–H groups in total. The van der Waals surface area contributed by atoms with Gasteiger partial charge in [0.1, 0.15) is 11.8 Å². The minimum Gasteiger partial charge on any atom is -0.494 e. The third-order valence-corrected chi connectivity index (χ3v) is 6.45. The van der Waals surface area contributed by atoms with Crippen LogP contribution >= 0.6 is 11.8 Å². The molecule has 0 bridgehead atoms. The number of aromatic nitrogens is 3. The third kappa shape index (κ3) is 4.13. The molecule has 1 aromatic carbocycles. The molecule has 6 nitrogen and oxygen atoms in total. The average Bonchev–Trinajstić information content (AvgIpc) is 3.08. The summed E-state index contributed by atoms with van der Waals surface area (Å²) in [5, 5.41) is 8.99. The van der Waals surface area contributed by atoms with Crippen LogP contribution in [0.15, 0.2) is 40.7 Å². The zero-order valence-electron chi connectivity index (χ0n) is 18.2. The molecule has 0 saturated heterocycles. The molecule has 1 aliphatic heterocycles. The highest BCUT2D eigenvalue weighted by molar-refractivity contribution is 7.99. The van der Waals surface area contributed by atoms with Crippen molar-refractivity contribution in [1.82, 2.24) is 14.8 Å². The van der Waals surface area contributed by atoms with Gasteiger partial charge in [-0.05, 0) is 42.9 Å². The zero-order valence-corrected chi connectivity index (χ0v) is 19.0. The Morgan fingerprint density at radius 2 is 2.13 bits per heavy atom. The first-order valence-electron chi connectivity index (χ1n) is 10.8. The number of ether oxygens (including phenoxy) is 1. The highest BCUT2D eigenvalue weighted by Gasteiger charge is 2.41. The first-order chi connectivity index (χ1) is 14.4. The number of carbonyl (C=O) groups excluding carboxylic acids is 1. The number of thioether (sulfide) groups is 1. The van der Waals surface area contributed by atoms with Crippen molar-refractivity contribution < 1.29 is 9.53 Å². The quantitative estimate of drug-likeness (QED) is 0.483. The van der Waals surface area contributed by atoms with Crippen LogP contribution in [0.25, 0.3) is 0 Å². The number of anilines is 1. The lowest BCUT2D eigenvalue weighted by Gasteiger charge is -2.38. The molecule has 0 amide bonds. The molecule has 7 heteroatoms. The van der Waals surface area contributed by atoms with Gasteiger partial charge in [-0.1, -0.05) is 51.1 Å². The van der Waals surface area contributed by atoms with Crippen LogP contribution in [0.3, 0.4) is 0 Å². The molecule has 160 valence electrons. The Labute approximate surface area is 182 Å². The van der Waals surface area contributed by atoms with Gasteiger partial charge in [-0.2, -0.15) is 4.98 Å². The molecule has 2 heterocycles. The standard InChI is InChI=1S/C23H30N4O2S/c1-5-7-11-30-22-25-21-24-17-13-23(3,4)14-18(28)19(17)20(27(21)26-22)15-9-8-10-16(12-15)29-6-2/h8-10,12,20H,5-7,11,13-14H2,1-4H3,(H,24,25,26). The molecule has 0 radical (unpaired) electrons. The number of hydrogen-bond acceptors (Lipinski definition) is 6. The van der Waals surface area contributed by atoms with Crippen LogP contribution in [-0.4, -0.2) is 32.9 Å². The number of rotatable bonds is 7. The summed E-state index contributed by atoms with van der Waals surface area (Å²) in [6.07, 6.45) is 3.63. The summed E-state index contributed by atoms with van der Waals surface area (Å²) in [5.74, 6) is 2.69. The molecule has 0 spiro atoms. The number of Topliss-reactive ketones (excluding diaryl/α,β-unsaturated/α-hetero) is 1. The fraction of sp³-hybridized carbons (Fsp3) is 0.522. The van der Waals surface area contributed by atoms with Gasteiger partial charge in [-0.3, -0.25) is 4.79 Å². The van der Waals surface area contributed by atoms with Gasteiger partial charge in [0.2, 0.25) is 11.1 Å². The Bertz CT molecular complexity index is 979. The van der Waals surface area contributed by atoms with E-state index < -0.39 is 0 Å². The van der Waals surface area contributed by atoms with Crippen molar-refractivity contribution in [3.63, 3.8) is 0 Å². The summed E-state index contributed by atoms with van der Waals surface area (Å²) in [5.41, 5.74) is 2.72. The Hall–Kier alpha value is -2.28. The van der Waals surface area contributed by atoms with Crippen LogP contribution in [0.2, 0.25) is 0 Å². The van der Waals surface area contributed by atoms with Gasteiger partial charge in [-0.25, -0.2) is 4.68 Å². The number of nitrogens with one attached hydrogen (secondary N) is 1. The van der Waals surface area contributed by atoms with Crippen LogP contribution in [-0.2, 0) is 4.79 Å². The molecule has 1 aromatic heterocycles. The molecular formula is C23H30N4O2S. The summed E-state index contributed by atoms with van der Waals surface area (Å²) in [4.78, 5) is 18.0. The van der Waals surface area contributed by atoms with Crippen molar-refractivity contribution in [2.24, 2.45) is 5.41 Å². The average molecular weight is 427 g/mol. The molecule has 1 atom stereocenters. The molecule has 1 aliphatic carbocycles. The predicted octanol–water partition coefficient (Wildman–Crippen LogP) is 5.23. The maximum atomic E-state index is 13.3. The van der Waals surface area contributed by atoms with E-state index >= 15 is 0 Å². The number of nitrogens with zero attached hydrogens (tertiary/aromatic N) is 3. The maximum Gasteiger partial charge on any atom is 0.227 e. The summed E-state index contributed by atoms with van der Waals surface area (Å²) < 4.78 is 7.61. The molecule has 0 fully saturated rings. The smallest absolute Gasteiger partial charge is 0.227 e. The van der Waals surface area contributed by atoms with Gasteiger partial charge in [-0.15, -0.1) is 5.10 Å². The van der Waals surface area contributed by atoms with Gasteiger partial charge < -0.3 is 10.1 Å². The van der Waals surface area contributed by atoms with Gasteiger partial charge >= 0.3 is 0 Å². The number of fused-ring (bicyclic) bond motifs is 1. The first kappa shape index (κ1) is 21.0. The second-order valence-corrected chi connectivity index (χ2v) is 9.79. The number of carbonyl (C=O) groups is 1. The Kier molecular flexibility index (Phi) is 5.91. The number of hydrogen-bond donors (Lipinski definition) is 1. The Balaban J connectivity index is 1.79. The number of unbranched alkanes of at least 4 members (excludes halogenated alkanes) is 1. The minimum atomic E-state index is -0.284. The summed E-state index contributed by atoms with van der Waals surface area (Å²) in [6, 6.07) is 7.71. The lowest BCUT2D eigenvalue weighted by Crippen LogP contribution is -2.36. The van der Waals surface area contributed by atoms with E-state index in [0.717, 1.165) is 52.8 Å². The number of allylic oxidation sites excluding steroid dienone is 2. The van der Waals surface area contributed by atoms with Crippen LogP contribution in [0, 0.1) is 5.41 Å². The minimum absolute atomic E-state index is 0.0679. The summed E-state index contributed by atoms with van der Waals surface area (Å²) in [6.45, 7) is 9.04. The van der Waals surface area contributed by atoms with Gasteiger partial charge in [0, 0.05) is 23.4 Å². The van der Waals surface area contributed by atoms with Crippen molar-refractivity contribution in [3.8, 4) is 5.75 Å². The second kappa shape index (κ2) is 8.46. The third-order valence-electron chi connectivity index (χ3n) is 5.53.